The first kappa shape index (κ1) is 16.8. The first-order chi connectivity index (χ1) is 13.2. The minimum Gasteiger partial charge on any atom is -0.450 e. The number of imidazole rings is 1. The van der Waals surface area contributed by atoms with Crippen LogP contribution in [0, 0.1) is 0 Å². The molecule has 0 radical (unpaired) electrons. The first-order valence-corrected chi connectivity index (χ1v) is 10.5. The highest BCUT2D eigenvalue weighted by Gasteiger charge is 2.11. The van der Waals surface area contributed by atoms with Crippen molar-refractivity contribution in [1.29, 1.82) is 0 Å². The number of furan rings is 1. The van der Waals surface area contributed by atoms with Crippen molar-refractivity contribution in [2.45, 2.75) is 9.99 Å². The van der Waals surface area contributed by atoms with Gasteiger partial charge in [0.05, 0.1) is 11.0 Å². The second-order valence-corrected chi connectivity index (χ2v) is 8.85. The minimum atomic E-state index is -0.0674. The maximum absolute atomic E-state index is 12.8. The van der Waals surface area contributed by atoms with Crippen LogP contribution in [0.3, 0.4) is 0 Å². The van der Waals surface area contributed by atoms with Gasteiger partial charge in [0.15, 0.2) is 10.1 Å². The molecule has 0 bridgehead atoms. The molecule has 0 spiro atoms. The summed E-state index contributed by atoms with van der Waals surface area (Å²) in [5, 5.41) is 0.780. The highest BCUT2D eigenvalue weighted by molar-refractivity contribution is 9.10. The molecule has 0 saturated heterocycles. The van der Waals surface area contributed by atoms with Gasteiger partial charge in [0.25, 0.3) is 5.56 Å². The summed E-state index contributed by atoms with van der Waals surface area (Å²) in [4.78, 5) is 19.1. The third kappa shape index (κ3) is 3.12. The average Bonchev–Trinajstić information content (AvgIpc) is 3.33. The summed E-state index contributed by atoms with van der Waals surface area (Å²) < 4.78 is 9.18. The third-order valence-corrected chi connectivity index (χ3v) is 6.48. The van der Waals surface area contributed by atoms with Gasteiger partial charge in [0.2, 0.25) is 0 Å². The molecule has 27 heavy (non-hydrogen) atoms. The number of hydrogen-bond donors (Lipinski definition) is 0. The van der Waals surface area contributed by atoms with Gasteiger partial charge >= 0.3 is 0 Å². The smallest absolute Gasteiger partial charge is 0.275 e. The number of fused-ring (bicyclic) bond motifs is 3. The molecule has 0 amide bonds. The molecule has 0 N–H and O–H groups in total. The van der Waals surface area contributed by atoms with E-state index in [1.165, 1.54) is 11.3 Å². The monoisotopic (exact) mass is 454 g/mol. The largest absolute Gasteiger partial charge is 0.450 e. The summed E-state index contributed by atoms with van der Waals surface area (Å²) in [7, 11) is 0. The summed E-state index contributed by atoms with van der Waals surface area (Å²) in [5.41, 5.74) is 1.60. The van der Waals surface area contributed by atoms with Crippen LogP contribution in [-0.4, -0.2) is 9.38 Å². The van der Waals surface area contributed by atoms with Crippen LogP contribution in [0.25, 0.3) is 22.1 Å². The fourth-order valence-corrected chi connectivity index (χ4v) is 4.84. The Hall–Kier alpha value is -2.35. The summed E-state index contributed by atoms with van der Waals surface area (Å²) in [6.45, 7) is 0. The van der Waals surface area contributed by atoms with Crippen LogP contribution in [0.4, 0.5) is 0 Å². The second-order valence-electron chi connectivity index (χ2n) is 5.85. The Kier molecular flexibility index (Phi) is 4.15. The number of benzene rings is 2. The normalized spacial score (nSPS) is 12.4. The minimum absolute atomic E-state index is 0.0674. The van der Waals surface area contributed by atoms with E-state index in [1.807, 2.05) is 60.7 Å². The van der Waals surface area contributed by atoms with E-state index in [4.69, 9.17) is 4.42 Å². The van der Waals surface area contributed by atoms with Crippen molar-refractivity contribution in [2.24, 2.45) is 0 Å². The van der Waals surface area contributed by atoms with Crippen LogP contribution in [0.2, 0.25) is 0 Å². The van der Waals surface area contributed by atoms with Gasteiger partial charge in [-0.25, -0.2) is 9.38 Å². The molecule has 3 heterocycles. The Bertz CT molecular complexity index is 1380. The first-order valence-electron chi connectivity index (χ1n) is 8.12. The highest BCUT2D eigenvalue weighted by atomic mass is 79.9. The molecule has 0 atom stereocenters. The van der Waals surface area contributed by atoms with Gasteiger partial charge in [-0.05, 0) is 48.5 Å². The molecular formula is C20H11BrN2O2S2. The predicted molar refractivity (Wildman–Crippen MR) is 113 cm³/mol. The second kappa shape index (κ2) is 6.67. The molecule has 3 aromatic heterocycles. The number of nitrogens with zero attached hydrogens (tertiary/aromatic N) is 2. The Balaban J connectivity index is 1.51. The molecule has 5 rings (SSSR count). The van der Waals surface area contributed by atoms with E-state index in [0.29, 0.717) is 15.3 Å². The van der Waals surface area contributed by atoms with E-state index < -0.39 is 0 Å². The highest BCUT2D eigenvalue weighted by Crippen LogP contribution is 2.30. The number of halogens is 1. The zero-order chi connectivity index (χ0) is 18.4. The Morgan fingerprint density at radius 3 is 2.74 bits per heavy atom. The molecule has 0 aliphatic carbocycles. The average molecular weight is 455 g/mol. The van der Waals surface area contributed by atoms with E-state index in [9.17, 15) is 4.79 Å². The summed E-state index contributed by atoms with van der Waals surface area (Å²) in [6, 6.07) is 19.5. The SMILES string of the molecule is O=c1/c(=C/c2ccc(Sc3ccc(Br)cc3)o2)sc2nc3ccccc3n12. The standard InChI is InChI=1S/C20H11BrN2O2S2/c21-12-5-8-14(9-6-12)26-18-10-7-13(25-18)11-17-19(24)23-16-4-2-1-3-15(16)22-20(23)27-17/h1-11H/b17-11-. The number of thiazole rings is 1. The number of aromatic nitrogens is 2. The molecule has 0 unspecified atom stereocenters. The third-order valence-electron chi connectivity index (χ3n) is 4.05. The van der Waals surface area contributed by atoms with Crippen molar-refractivity contribution in [3.63, 3.8) is 0 Å². The van der Waals surface area contributed by atoms with Crippen LogP contribution in [0.5, 0.6) is 0 Å². The van der Waals surface area contributed by atoms with Crippen LogP contribution in [0.15, 0.2) is 84.3 Å². The van der Waals surface area contributed by atoms with E-state index >= 15 is 0 Å². The van der Waals surface area contributed by atoms with Crippen molar-refractivity contribution in [3.8, 4) is 0 Å². The van der Waals surface area contributed by atoms with Crippen LogP contribution in [0.1, 0.15) is 5.76 Å². The van der Waals surface area contributed by atoms with Crippen molar-refractivity contribution < 1.29 is 4.42 Å². The maximum atomic E-state index is 12.8. The molecular weight excluding hydrogens is 444 g/mol. The quantitative estimate of drug-likeness (QED) is 0.386. The molecule has 2 aromatic carbocycles. The van der Waals surface area contributed by atoms with Gasteiger partial charge in [-0.15, -0.1) is 0 Å². The molecule has 4 nitrogen and oxygen atoms in total. The van der Waals surface area contributed by atoms with E-state index in [0.717, 1.165) is 25.5 Å². The lowest BCUT2D eigenvalue weighted by molar-refractivity contribution is 0.466. The molecule has 0 saturated carbocycles. The summed E-state index contributed by atoms with van der Waals surface area (Å²) in [5.74, 6) is 0.653. The fraction of sp³-hybridized carbons (Fsp3) is 0. The van der Waals surface area contributed by atoms with E-state index in [1.54, 1.807) is 22.2 Å². The zero-order valence-corrected chi connectivity index (χ0v) is 17.0. The van der Waals surface area contributed by atoms with Crippen molar-refractivity contribution in [2.75, 3.05) is 0 Å². The predicted octanol–water partition coefficient (Wildman–Crippen LogP) is 4.96. The lowest BCUT2D eigenvalue weighted by Gasteiger charge is -1.97. The van der Waals surface area contributed by atoms with Gasteiger partial charge in [0, 0.05) is 15.4 Å². The maximum Gasteiger partial charge on any atom is 0.275 e. The molecule has 132 valence electrons. The van der Waals surface area contributed by atoms with Gasteiger partial charge in [-0.1, -0.05) is 51.2 Å². The number of hydrogen-bond acceptors (Lipinski definition) is 5. The zero-order valence-electron chi connectivity index (χ0n) is 13.8. The van der Waals surface area contributed by atoms with Crippen molar-refractivity contribution in [3.05, 3.63) is 85.8 Å². The Morgan fingerprint density at radius 2 is 1.89 bits per heavy atom. The van der Waals surface area contributed by atoms with Gasteiger partial charge in [-0.2, -0.15) is 0 Å². The Morgan fingerprint density at radius 1 is 1.07 bits per heavy atom. The van der Waals surface area contributed by atoms with Crippen LogP contribution in [-0.2, 0) is 0 Å². The lowest BCUT2D eigenvalue weighted by Crippen LogP contribution is -2.22. The molecule has 0 aliphatic heterocycles. The summed E-state index contributed by atoms with van der Waals surface area (Å²) >= 11 is 6.34. The van der Waals surface area contributed by atoms with Gasteiger partial charge < -0.3 is 4.42 Å². The topological polar surface area (TPSA) is 47.5 Å². The Labute approximate surface area is 170 Å². The van der Waals surface area contributed by atoms with Crippen LogP contribution >= 0.6 is 39.0 Å². The molecule has 5 aromatic rings. The van der Waals surface area contributed by atoms with Crippen LogP contribution < -0.4 is 10.1 Å². The van der Waals surface area contributed by atoms with Crippen molar-refractivity contribution >= 4 is 61.1 Å². The fourth-order valence-electron chi connectivity index (χ4n) is 2.83. The number of para-hydroxylation sites is 2. The van der Waals surface area contributed by atoms with Gasteiger partial charge in [-0.3, -0.25) is 4.79 Å². The molecule has 7 heteroatoms. The number of rotatable bonds is 3. The van der Waals surface area contributed by atoms with E-state index in [-0.39, 0.29) is 5.56 Å². The lowest BCUT2D eigenvalue weighted by atomic mass is 10.3. The molecule has 0 fully saturated rings. The summed E-state index contributed by atoms with van der Waals surface area (Å²) in [6.07, 6.45) is 1.78. The van der Waals surface area contributed by atoms with Crippen molar-refractivity contribution in [1.82, 2.24) is 9.38 Å². The molecule has 0 aliphatic rings. The van der Waals surface area contributed by atoms with E-state index in [2.05, 4.69) is 20.9 Å². The van der Waals surface area contributed by atoms with Gasteiger partial charge in [0.1, 0.15) is 10.3 Å².